The lowest BCUT2D eigenvalue weighted by Crippen LogP contribution is -3.00. The van der Waals surface area contributed by atoms with Crippen LogP contribution in [0.4, 0.5) is 0 Å². The largest absolute Gasteiger partial charge is 1.00 e. The monoisotopic (exact) mass is 515 g/mol. The van der Waals surface area contributed by atoms with Gasteiger partial charge in [0.2, 0.25) is 0 Å². The summed E-state index contributed by atoms with van der Waals surface area (Å²) in [5.41, 5.74) is 2.33. The minimum absolute atomic E-state index is 0. The lowest BCUT2D eigenvalue weighted by molar-refractivity contribution is -0.0000211. The van der Waals surface area contributed by atoms with Crippen molar-refractivity contribution in [1.82, 2.24) is 0 Å². The predicted molar refractivity (Wildman–Crippen MR) is 131 cm³/mol. The molecule has 5 heteroatoms. The van der Waals surface area contributed by atoms with Gasteiger partial charge in [0.05, 0.1) is 24.9 Å². The first-order valence-corrected chi connectivity index (χ1v) is 12.3. The number of halogens is 1. The first-order chi connectivity index (χ1) is 15.7. The Morgan fingerprint density at radius 3 is 1.82 bits per heavy atom. The van der Waals surface area contributed by atoms with Crippen molar-refractivity contribution in [1.29, 1.82) is 5.26 Å². The highest BCUT2D eigenvalue weighted by Gasteiger charge is 2.47. The maximum Gasteiger partial charge on any atom is 0.341 e. The highest BCUT2D eigenvalue weighted by molar-refractivity contribution is 7.95. The number of nitrogens with zero attached hydrogens (tertiary/aromatic N) is 1. The van der Waals surface area contributed by atoms with Gasteiger partial charge in [-0.25, -0.2) is 4.79 Å². The van der Waals surface area contributed by atoms with E-state index in [1.807, 2.05) is 78.9 Å². The number of nitriles is 1. The van der Waals surface area contributed by atoms with E-state index >= 15 is 0 Å². The zero-order valence-corrected chi connectivity index (χ0v) is 20.7. The van der Waals surface area contributed by atoms with Crippen LogP contribution in [0.15, 0.2) is 109 Å². The maximum absolute atomic E-state index is 12.8. The summed E-state index contributed by atoms with van der Waals surface area (Å²) < 4.78 is 5.17. The molecule has 0 aliphatic rings. The van der Waals surface area contributed by atoms with Crippen LogP contribution in [-0.4, -0.2) is 13.1 Å². The second-order valence-electron chi connectivity index (χ2n) is 7.46. The van der Waals surface area contributed by atoms with Crippen molar-refractivity contribution < 1.29 is 26.5 Å². The van der Waals surface area contributed by atoms with Crippen molar-refractivity contribution in [3.63, 3.8) is 0 Å². The van der Waals surface area contributed by atoms with Gasteiger partial charge in [-0.2, -0.15) is 5.26 Å². The molecule has 0 aromatic heterocycles. The van der Waals surface area contributed by atoms with Crippen LogP contribution in [0.2, 0.25) is 0 Å². The molecule has 164 valence electrons. The molecule has 4 aromatic carbocycles. The van der Waals surface area contributed by atoms with Gasteiger partial charge < -0.3 is 21.7 Å². The molecule has 3 nitrogen and oxygen atoms in total. The molecule has 0 radical (unpaired) electrons. The Hall–Kier alpha value is -3.25. The third-order valence-corrected chi connectivity index (χ3v) is 10.0. The Morgan fingerprint density at radius 1 is 0.788 bits per heavy atom. The van der Waals surface area contributed by atoms with Gasteiger partial charge in [0.15, 0.2) is 0 Å². The van der Waals surface area contributed by atoms with E-state index in [-0.39, 0.29) is 23.0 Å². The molecule has 0 N–H and O–H groups in total. The van der Waals surface area contributed by atoms with E-state index in [9.17, 15) is 10.1 Å². The number of carbonyl (C=O) groups is 1. The van der Waals surface area contributed by atoms with Gasteiger partial charge in [0, 0.05) is 0 Å². The van der Waals surface area contributed by atoms with Gasteiger partial charge in [-0.1, -0.05) is 60.7 Å². The molecule has 4 rings (SSSR count). The molecule has 0 heterocycles. The second kappa shape index (κ2) is 11.1. The Kier molecular flexibility index (Phi) is 8.17. The van der Waals surface area contributed by atoms with E-state index in [1.54, 1.807) is 0 Å². The molecule has 0 saturated carbocycles. The van der Waals surface area contributed by atoms with Crippen LogP contribution < -0.4 is 32.9 Å². The first kappa shape index (κ1) is 24.4. The summed E-state index contributed by atoms with van der Waals surface area (Å²) in [4.78, 5) is 12.8. The zero-order chi connectivity index (χ0) is 22.4. The molecule has 0 bridgehead atoms. The van der Waals surface area contributed by atoms with E-state index in [1.165, 1.54) is 17.7 Å². The summed E-state index contributed by atoms with van der Waals surface area (Å²) >= 11 is 0. The summed E-state index contributed by atoms with van der Waals surface area (Å²) in [6, 6.07) is 38.5. The highest BCUT2D eigenvalue weighted by Crippen LogP contribution is 2.58. The zero-order valence-electron chi connectivity index (χ0n) is 18.2. The standard InChI is InChI=1S/C28H23NO2P.BrH/c1-31-28(30)26-14-8-9-15-27(26)32(24-10-4-2-5-11-24,25-12-6-3-7-13-25)21-23-18-16-22(20-29)17-19-23;/h2-19H,21H2,1H3;1H/q+1;/p-1. The molecule has 0 spiro atoms. The number of rotatable bonds is 6. The van der Waals surface area contributed by atoms with Crippen LogP contribution in [0.5, 0.6) is 0 Å². The van der Waals surface area contributed by atoms with Crippen molar-refractivity contribution in [3.05, 3.63) is 126 Å². The number of esters is 1. The summed E-state index contributed by atoms with van der Waals surface area (Å²) in [6.45, 7) is 0. The van der Waals surface area contributed by atoms with Crippen LogP contribution in [0.1, 0.15) is 21.5 Å². The predicted octanol–water partition coefficient (Wildman–Crippen LogP) is 1.84. The quantitative estimate of drug-likeness (QED) is 0.291. The fourth-order valence-electron chi connectivity index (χ4n) is 4.11. The second-order valence-corrected chi connectivity index (χ2v) is 10.9. The molecule has 33 heavy (non-hydrogen) atoms. The molecule has 0 amide bonds. The number of methoxy groups -OCH3 is 1. The molecule has 0 unspecified atom stereocenters. The Balaban J connectivity index is 0.00000306. The first-order valence-electron chi connectivity index (χ1n) is 10.4. The van der Waals surface area contributed by atoms with E-state index in [4.69, 9.17) is 4.74 Å². The van der Waals surface area contributed by atoms with Gasteiger partial charge in [0.25, 0.3) is 0 Å². The molecule has 0 atom stereocenters. The lowest BCUT2D eigenvalue weighted by atomic mass is 10.2. The van der Waals surface area contributed by atoms with Crippen LogP contribution in [-0.2, 0) is 10.9 Å². The van der Waals surface area contributed by atoms with E-state index < -0.39 is 7.26 Å². The number of benzene rings is 4. The molecular formula is C28H23BrNO2P. The van der Waals surface area contributed by atoms with Crippen molar-refractivity contribution in [2.75, 3.05) is 7.11 Å². The van der Waals surface area contributed by atoms with E-state index in [0.29, 0.717) is 11.1 Å². The topological polar surface area (TPSA) is 50.1 Å². The molecule has 0 aliphatic carbocycles. The van der Waals surface area contributed by atoms with Crippen molar-refractivity contribution in [2.45, 2.75) is 6.16 Å². The number of ether oxygens (including phenoxy) is 1. The normalized spacial score (nSPS) is 10.5. The SMILES string of the molecule is COC(=O)c1ccccc1[P+](Cc1ccc(C#N)cc1)(c1ccccc1)c1ccccc1.[Br-]. The Labute approximate surface area is 205 Å². The summed E-state index contributed by atoms with van der Waals surface area (Å²) in [5.74, 6) is -0.336. The molecule has 0 fully saturated rings. The fourth-order valence-corrected chi connectivity index (χ4v) is 8.54. The van der Waals surface area contributed by atoms with E-state index in [0.717, 1.165) is 17.0 Å². The smallest absolute Gasteiger partial charge is 0.341 e. The third kappa shape index (κ3) is 4.91. The maximum atomic E-state index is 12.8. The fraction of sp³-hybridized carbons (Fsp3) is 0.0714. The Bertz CT molecular complexity index is 1210. The van der Waals surface area contributed by atoms with Crippen molar-refractivity contribution in [2.24, 2.45) is 0 Å². The van der Waals surface area contributed by atoms with Gasteiger partial charge in [0.1, 0.15) is 28.7 Å². The van der Waals surface area contributed by atoms with Crippen molar-refractivity contribution in [3.8, 4) is 6.07 Å². The molecule has 0 aliphatic heterocycles. The van der Waals surface area contributed by atoms with Crippen molar-refractivity contribution >= 4 is 29.1 Å². The van der Waals surface area contributed by atoms with E-state index in [2.05, 4.69) is 36.4 Å². The number of carbonyl (C=O) groups excluding carboxylic acids is 1. The van der Waals surface area contributed by atoms with Gasteiger partial charge in [-0.15, -0.1) is 0 Å². The minimum atomic E-state index is -2.29. The van der Waals surface area contributed by atoms with Crippen LogP contribution >= 0.6 is 7.26 Å². The summed E-state index contributed by atoms with van der Waals surface area (Å²) in [7, 11) is -0.866. The summed E-state index contributed by atoms with van der Waals surface area (Å²) in [5, 5.41) is 12.6. The van der Waals surface area contributed by atoms with Gasteiger partial charge >= 0.3 is 5.97 Å². The molecule has 4 aromatic rings. The number of hydrogen-bond donors (Lipinski definition) is 0. The van der Waals surface area contributed by atoms with Gasteiger partial charge in [-0.3, -0.25) is 0 Å². The average molecular weight is 516 g/mol. The molecule has 0 saturated heterocycles. The third-order valence-electron chi connectivity index (χ3n) is 5.62. The summed E-state index contributed by atoms with van der Waals surface area (Å²) in [6.07, 6.45) is 0.723. The van der Waals surface area contributed by atoms with Gasteiger partial charge in [-0.05, 0) is 54.1 Å². The highest BCUT2D eigenvalue weighted by atomic mass is 79.9. The average Bonchev–Trinajstić information content (AvgIpc) is 2.88. The minimum Gasteiger partial charge on any atom is -1.00 e. The molecular weight excluding hydrogens is 493 g/mol. The Morgan fingerprint density at radius 2 is 1.30 bits per heavy atom. The van der Waals surface area contributed by atoms with Crippen LogP contribution in [0, 0.1) is 11.3 Å². The number of hydrogen-bond acceptors (Lipinski definition) is 3. The van der Waals surface area contributed by atoms with Crippen LogP contribution in [0.3, 0.4) is 0 Å². The van der Waals surface area contributed by atoms with Crippen LogP contribution in [0.25, 0.3) is 0 Å². The lowest BCUT2D eigenvalue weighted by Gasteiger charge is -2.29.